The van der Waals surface area contributed by atoms with Crippen molar-refractivity contribution in [1.29, 1.82) is 0 Å². The van der Waals surface area contributed by atoms with Crippen LogP contribution in [-0.4, -0.2) is 19.7 Å². The number of aromatic nitrogens is 1. The van der Waals surface area contributed by atoms with Crippen molar-refractivity contribution < 1.29 is 8.42 Å². The lowest BCUT2D eigenvalue weighted by molar-refractivity contribution is 0.607. The van der Waals surface area contributed by atoms with E-state index in [2.05, 4.69) is 21.8 Å². The first-order valence-electron chi connectivity index (χ1n) is 8.40. The van der Waals surface area contributed by atoms with E-state index in [4.69, 9.17) is 11.6 Å². The maximum atomic E-state index is 11.5. The van der Waals surface area contributed by atoms with Gasteiger partial charge in [0.05, 0.1) is 22.3 Å². The Bertz CT molecular complexity index is 1150. The van der Waals surface area contributed by atoms with Crippen molar-refractivity contribution in [2.45, 2.75) is 12.8 Å². The highest BCUT2D eigenvalue weighted by atomic mass is 35.5. The topological polar surface area (TPSA) is 59.1 Å². The third-order valence-corrected chi connectivity index (χ3v) is 6.12. The van der Waals surface area contributed by atoms with Crippen molar-refractivity contribution in [3.8, 4) is 0 Å². The van der Waals surface area contributed by atoms with Crippen molar-refractivity contribution in [2.75, 3.05) is 11.0 Å². The molecule has 1 aliphatic rings. The fraction of sp³-hybridized carbons (Fsp3) is 0.150. The summed E-state index contributed by atoms with van der Waals surface area (Å²) in [6.45, 7) is 0. The molecule has 0 saturated heterocycles. The third kappa shape index (κ3) is 4.08. The molecular formula is C20H17ClN2O2S2. The van der Waals surface area contributed by atoms with Crippen molar-refractivity contribution in [3.05, 3.63) is 80.3 Å². The van der Waals surface area contributed by atoms with Gasteiger partial charge in [-0.15, -0.1) is 11.3 Å². The Labute approximate surface area is 167 Å². The van der Waals surface area contributed by atoms with Gasteiger partial charge in [0, 0.05) is 16.3 Å². The average Bonchev–Trinajstić information content (AvgIpc) is 3.00. The number of fused-ring (bicyclic) bond motifs is 2. The monoisotopic (exact) mass is 416 g/mol. The molecule has 1 N–H and O–H groups in total. The molecule has 0 unspecified atom stereocenters. The summed E-state index contributed by atoms with van der Waals surface area (Å²) in [7, 11) is -3.32. The number of thiazole rings is 1. The van der Waals surface area contributed by atoms with E-state index >= 15 is 0 Å². The standard InChI is InChI=1S/C20H17ClN2O2S2/c1-27(24,25)23-16-4-2-3-13(9-16)10-18-17-7-6-15(21)11-14(17)5-8-19-20(18)26-12-22-19/h2-4,6-7,9-12,23H,5,8H2,1H3/b18-10+. The Morgan fingerprint density at radius 1 is 1.19 bits per heavy atom. The molecule has 0 bridgehead atoms. The molecule has 1 aromatic heterocycles. The van der Waals surface area contributed by atoms with Gasteiger partial charge in [-0.05, 0) is 59.9 Å². The van der Waals surface area contributed by atoms with Crippen molar-refractivity contribution in [1.82, 2.24) is 4.98 Å². The molecule has 0 saturated carbocycles. The van der Waals surface area contributed by atoms with E-state index in [1.165, 1.54) is 5.56 Å². The highest BCUT2D eigenvalue weighted by molar-refractivity contribution is 7.92. The highest BCUT2D eigenvalue weighted by Crippen LogP contribution is 2.38. The van der Waals surface area contributed by atoms with Crippen LogP contribution in [0.15, 0.2) is 48.0 Å². The predicted octanol–water partition coefficient (Wildman–Crippen LogP) is 4.86. The Kier molecular flexibility index (Phi) is 4.80. The van der Waals surface area contributed by atoms with E-state index < -0.39 is 10.0 Å². The fourth-order valence-electron chi connectivity index (χ4n) is 3.29. The van der Waals surface area contributed by atoms with E-state index in [0.29, 0.717) is 5.69 Å². The van der Waals surface area contributed by atoms with Crippen molar-refractivity contribution in [3.63, 3.8) is 0 Å². The van der Waals surface area contributed by atoms with Gasteiger partial charge in [0.2, 0.25) is 10.0 Å². The summed E-state index contributed by atoms with van der Waals surface area (Å²) in [6, 6.07) is 13.3. The van der Waals surface area contributed by atoms with Crippen LogP contribution < -0.4 is 4.72 Å². The number of nitrogens with one attached hydrogen (secondary N) is 1. The van der Waals surface area contributed by atoms with Crippen LogP contribution in [0.1, 0.15) is 27.3 Å². The minimum atomic E-state index is -3.32. The maximum absolute atomic E-state index is 11.5. The van der Waals surface area contributed by atoms with Gasteiger partial charge in [-0.25, -0.2) is 13.4 Å². The molecule has 4 nitrogen and oxygen atoms in total. The van der Waals surface area contributed by atoms with Crippen molar-refractivity contribution in [2.24, 2.45) is 0 Å². The van der Waals surface area contributed by atoms with E-state index in [-0.39, 0.29) is 0 Å². The number of nitrogens with zero attached hydrogens (tertiary/aromatic N) is 1. The number of halogens is 1. The lowest BCUT2D eigenvalue weighted by atomic mass is 9.97. The van der Waals surface area contributed by atoms with Gasteiger partial charge >= 0.3 is 0 Å². The van der Waals surface area contributed by atoms with Crippen molar-refractivity contribution >= 4 is 50.3 Å². The van der Waals surface area contributed by atoms with Gasteiger partial charge in [0.1, 0.15) is 0 Å². The number of rotatable bonds is 3. The molecular weight excluding hydrogens is 400 g/mol. The summed E-state index contributed by atoms with van der Waals surface area (Å²) in [5.41, 5.74) is 7.86. The first-order chi connectivity index (χ1) is 12.9. The normalized spacial score (nSPS) is 15.1. The minimum absolute atomic E-state index is 0.543. The number of aryl methyl sites for hydroxylation is 2. The van der Waals surface area contributed by atoms with Gasteiger partial charge in [-0.3, -0.25) is 4.72 Å². The van der Waals surface area contributed by atoms with E-state index in [1.807, 2.05) is 35.8 Å². The first-order valence-corrected chi connectivity index (χ1v) is 11.5. The van der Waals surface area contributed by atoms with Gasteiger partial charge < -0.3 is 0 Å². The van der Waals surface area contributed by atoms with E-state index in [1.54, 1.807) is 17.4 Å². The summed E-state index contributed by atoms with van der Waals surface area (Å²) >= 11 is 7.83. The zero-order chi connectivity index (χ0) is 19.0. The molecule has 0 atom stereocenters. The number of sulfonamides is 1. The second-order valence-electron chi connectivity index (χ2n) is 6.49. The zero-order valence-electron chi connectivity index (χ0n) is 14.6. The number of anilines is 1. The number of benzene rings is 2. The fourth-order valence-corrected chi connectivity index (χ4v) is 4.91. The molecule has 4 rings (SSSR count). The van der Waals surface area contributed by atoms with Crippen LogP contribution in [0, 0.1) is 0 Å². The molecule has 0 amide bonds. The number of hydrogen-bond donors (Lipinski definition) is 1. The van der Waals surface area contributed by atoms with Gasteiger partial charge in [0.15, 0.2) is 0 Å². The summed E-state index contributed by atoms with van der Waals surface area (Å²) in [5.74, 6) is 0. The quantitative estimate of drug-likeness (QED) is 0.663. The first kappa shape index (κ1) is 18.2. The van der Waals surface area contributed by atoms with Crippen LogP contribution in [0.25, 0.3) is 11.6 Å². The lowest BCUT2D eigenvalue weighted by Gasteiger charge is -2.11. The van der Waals surface area contributed by atoms with Gasteiger partial charge in [-0.1, -0.05) is 29.8 Å². The molecule has 138 valence electrons. The lowest BCUT2D eigenvalue weighted by Crippen LogP contribution is -2.09. The predicted molar refractivity (Wildman–Crippen MR) is 113 cm³/mol. The second-order valence-corrected chi connectivity index (χ2v) is 9.53. The Hall–Kier alpha value is -2.15. The van der Waals surface area contributed by atoms with E-state index in [9.17, 15) is 8.42 Å². The SMILES string of the molecule is CS(=O)(=O)Nc1cccc(/C=C2\c3ccc(Cl)cc3CCc3ncsc32)c1. The Morgan fingerprint density at radius 3 is 2.85 bits per heavy atom. The molecule has 7 heteroatoms. The van der Waals surface area contributed by atoms with Crippen LogP contribution in [-0.2, 0) is 22.9 Å². The van der Waals surface area contributed by atoms with Crippen LogP contribution in [0.5, 0.6) is 0 Å². The maximum Gasteiger partial charge on any atom is 0.229 e. The highest BCUT2D eigenvalue weighted by Gasteiger charge is 2.20. The van der Waals surface area contributed by atoms with Crippen LogP contribution in [0.2, 0.25) is 5.02 Å². The zero-order valence-corrected chi connectivity index (χ0v) is 17.0. The molecule has 2 aromatic carbocycles. The molecule has 0 fully saturated rings. The molecule has 27 heavy (non-hydrogen) atoms. The minimum Gasteiger partial charge on any atom is -0.284 e. The van der Waals surface area contributed by atoms with Gasteiger partial charge in [0.25, 0.3) is 0 Å². The number of hydrogen-bond acceptors (Lipinski definition) is 4. The van der Waals surface area contributed by atoms with Crippen LogP contribution in [0.3, 0.4) is 0 Å². The molecule has 0 spiro atoms. The molecule has 0 aliphatic heterocycles. The smallest absolute Gasteiger partial charge is 0.229 e. The van der Waals surface area contributed by atoms with Crippen LogP contribution in [0.4, 0.5) is 5.69 Å². The largest absolute Gasteiger partial charge is 0.284 e. The molecule has 3 aromatic rings. The second kappa shape index (κ2) is 7.11. The summed E-state index contributed by atoms with van der Waals surface area (Å²) < 4.78 is 25.6. The molecule has 1 heterocycles. The summed E-state index contributed by atoms with van der Waals surface area (Å²) in [4.78, 5) is 5.68. The van der Waals surface area contributed by atoms with Crippen LogP contribution >= 0.6 is 22.9 Å². The average molecular weight is 417 g/mol. The molecule has 1 aliphatic carbocycles. The van der Waals surface area contributed by atoms with E-state index in [0.717, 1.165) is 51.4 Å². The summed E-state index contributed by atoms with van der Waals surface area (Å²) in [5, 5.41) is 0.727. The Balaban J connectivity index is 1.85. The van der Waals surface area contributed by atoms with Gasteiger partial charge in [-0.2, -0.15) is 0 Å². The third-order valence-electron chi connectivity index (χ3n) is 4.38. The molecule has 0 radical (unpaired) electrons. The Morgan fingerprint density at radius 2 is 2.04 bits per heavy atom. The summed E-state index contributed by atoms with van der Waals surface area (Å²) in [6.07, 6.45) is 4.99.